The van der Waals surface area contributed by atoms with Crippen molar-refractivity contribution in [1.29, 1.82) is 0 Å². The van der Waals surface area contributed by atoms with Gasteiger partial charge in [-0.1, -0.05) is 49.6 Å². The summed E-state index contributed by atoms with van der Waals surface area (Å²) in [6, 6.07) is 9.87. The molecule has 0 radical (unpaired) electrons. The number of aliphatic hydroxyl groups excluding tert-OH is 1. The Labute approximate surface area is 115 Å². The fourth-order valence-corrected chi connectivity index (χ4v) is 2.69. The van der Waals surface area contributed by atoms with Gasteiger partial charge in [0.15, 0.2) is 0 Å². The van der Waals surface area contributed by atoms with E-state index in [9.17, 15) is 9.90 Å². The Morgan fingerprint density at radius 2 is 1.89 bits per heavy atom. The van der Waals surface area contributed by atoms with Crippen molar-refractivity contribution in [3.63, 3.8) is 0 Å². The molecule has 1 aliphatic carbocycles. The van der Waals surface area contributed by atoms with Gasteiger partial charge in [-0.15, -0.1) is 0 Å². The fourth-order valence-electron chi connectivity index (χ4n) is 2.69. The lowest BCUT2D eigenvalue weighted by Crippen LogP contribution is -2.37. The third-order valence-corrected chi connectivity index (χ3v) is 3.80. The summed E-state index contributed by atoms with van der Waals surface area (Å²) in [4.78, 5) is 11.9. The molecule has 0 aromatic heterocycles. The van der Waals surface area contributed by atoms with Gasteiger partial charge in [0, 0.05) is 18.9 Å². The summed E-state index contributed by atoms with van der Waals surface area (Å²) in [7, 11) is 0. The molecule has 3 heteroatoms. The van der Waals surface area contributed by atoms with Crippen molar-refractivity contribution < 1.29 is 9.90 Å². The number of hydrogen-bond donors (Lipinski definition) is 2. The van der Waals surface area contributed by atoms with Gasteiger partial charge in [0.25, 0.3) is 0 Å². The molecule has 3 nitrogen and oxygen atoms in total. The molecular weight excluding hydrogens is 238 g/mol. The van der Waals surface area contributed by atoms with Crippen LogP contribution in [-0.4, -0.2) is 23.7 Å². The van der Waals surface area contributed by atoms with E-state index < -0.39 is 6.10 Å². The van der Waals surface area contributed by atoms with Gasteiger partial charge in [0.2, 0.25) is 5.91 Å². The van der Waals surface area contributed by atoms with E-state index in [4.69, 9.17) is 0 Å². The van der Waals surface area contributed by atoms with Crippen LogP contribution in [-0.2, 0) is 11.2 Å². The van der Waals surface area contributed by atoms with Gasteiger partial charge in [-0.05, 0) is 18.4 Å². The Morgan fingerprint density at radius 3 is 2.58 bits per heavy atom. The Morgan fingerprint density at radius 1 is 1.21 bits per heavy atom. The summed E-state index contributed by atoms with van der Waals surface area (Å²) in [5.74, 6) is 0.282. The number of hydrogen-bond acceptors (Lipinski definition) is 2. The lowest BCUT2D eigenvalue weighted by atomic mass is 9.88. The second-order valence-electron chi connectivity index (χ2n) is 5.42. The first-order valence-electron chi connectivity index (χ1n) is 7.25. The van der Waals surface area contributed by atoms with E-state index in [2.05, 4.69) is 5.32 Å². The highest BCUT2D eigenvalue weighted by atomic mass is 16.3. The number of carbonyl (C=O) groups is 1. The zero-order chi connectivity index (χ0) is 13.5. The molecule has 1 amide bonds. The fraction of sp³-hybridized carbons (Fsp3) is 0.562. The molecule has 0 bridgehead atoms. The lowest BCUT2D eigenvalue weighted by Gasteiger charge is -2.21. The van der Waals surface area contributed by atoms with Crippen LogP contribution in [0, 0.1) is 5.92 Å². The van der Waals surface area contributed by atoms with E-state index in [1.54, 1.807) is 0 Å². The number of amides is 1. The molecule has 1 aromatic carbocycles. The SMILES string of the molecule is O=C(NC[C@@H](O)Cc1ccccc1)C1CCCCC1. The van der Waals surface area contributed by atoms with E-state index >= 15 is 0 Å². The molecule has 1 fully saturated rings. The largest absolute Gasteiger partial charge is 0.391 e. The van der Waals surface area contributed by atoms with Crippen molar-refractivity contribution in [2.24, 2.45) is 5.92 Å². The van der Waals surface area contributed by atoms with Crippen LogP contribution >= 0.6 is 0 Å². The highest BCUT2D eigenvalue weighted by Crippen LogP contribution is 2.23. The summed E-state index contributed by atoms with van der Waals surface area (Å²) in [6.07, 6.45) is 5.65. The predicted octanol–water partition coefficient (Wildman–Crippen LogP) is 2.29. The molecule has 0 spiro atoms. The summed E-state index contributed by atoms with van der Waals surface area (Å²) in [6.45, 7) is 0.351. The van der Waals surface area contributed by atoms with Crippen molar-refractivity contribution >= 4 is 5.91 Å². The van der Waals surface area contributed by atoms with Gasteiger partial charge in [-0.2, -0.15) is 0 Å². The monoisotopic (exact) mass is 261 g/mol. The smallest absolute Gasteiger partial charge is 0.223 e. The molecule has 0 unspecified atom stereocenters. The minimum Gasteiger partial charge on any atom is -0.391 e. The van der Waals surface area contributed by atoms with Crippen LogP contribution in [0.5, 0.6) is 0 Å². The topological polar surface area (TPSA) is 49.3 Å². The molecule has 1 aliphatic rings. The zero-order valence-electron chi connectivity index (χ0n) is 11.3. The molecule has 1 atom stereocenters. The first-order valence-corrected chi connectivity index (χ1v) is 7.25. The first kappa shape index (κ1) is 14.1. The van der Waals surface area contributed by atoms with Crippen LogP contribution in [0.3, 0.4) is 0 Å². The summed E-state index contributed by atoms with van der Waals surface area (Å²) in [5.41, 5.74) is 1.10. The predicted molar refractivity (Wildman–Crippen MR) is 75.7 cm³/mol. The average molecular weight is 261 g/mol. The minimum atomic E-state index is -0.505. The van der Waals surface area contributed by atoms with Gasteiger partial charge in [0.05, 0.1) is 6.10 Å². The van der Waals surface area contributed by atoms with E-state index in [0.717, 1.165) is 31.2 Å². The summed E-state index contributed by atoms with van der Waals surface area (Å²) >= 11 is 0. The number of aliphatic hydroxyl groups is 1. The van der Waals surface area contributed by atoms with Crippen molar-refractivity contribution in [1.82, 2.24) is 5.32 Å². The van der Waals surface area contributed by atoms with Crippen LogP contribution in [0.1, 0.15) is 37.7 Å². The average Bonchev–Trinajstić information content (AvgIpc) is 2.47. The standard InChI is InChI=1S/C16H23NO2/c18-15(11-13-7-3-1-4-8-13)12-17-16(19)14-9-5-2-6-10-14/h1,3-4,7-8,14-15,18H,2,5-6,9-12H2,(H,17,19)/t15-/m0/s1. The highest BCUT2D eigenvalue weighted by Gasteiger charge is 2.21. The maximum atomic E-state index is 11.9. The molecule has 2 N–H and O–H groups in total. The molecule has 1 saturated carbocycles. The molecule has 104 valence electrons. The zero-order valence-corrected chi connectivity index (χ0v) is 11.3. The highest BCUT2D eigenvalue weighted by molar-refractivity contribution is 5.78. The maximum absolute atomic E-state index is 11.9. The molecular formula is C16H23NO2. The van der Waals surface area contributed by atoms with Gasteiger partial charge in [-0.3, -0.25) is 4.79 Å². The quantitative estimate of drug-likeness (QED) is 0.854. The number of rotatable bonds is 5. The van der Waals surface area contributed by atoms with Crippen LogP contribution in [0.2, 0.25) is 0 Å². The first-order chi connectivity index (χ1) is 9.25. The van der Waals surface area contributed by atoms with Crippen molar-refractivity contribution in [2.45, 2.75) is 44.6 Å². The van der Waals surface area contributed by atoms with Gasteiger partial charge in [0.1, 0.15) is 0 Å². The second kappa shape index (κ2) is 7.29. The van der Waals surface area contributed by atoms with E-state index in [1.807, 2.05) is 30.3 Å². The van der Waals surface area contributed by atoms with Crippen LogP contribution in [0.15, 0.2) is 30.3 Å². The Bertz CT molecular complexity index is 385. The number of carbonyl (C=O) groups excluding carboxylic acids is 1. The van der Waals surface area contributed by atoms with E-state index in [-0.39, 0.29) is 11.8 Å². The molecule has 0 aliphatic heterocycles. The van der Waals surface area contributed by atoms with E-state index in [1.165, 1.54) is 6.42 Å². The third kappa shape index (κ3) is 4.67. The molecule has 2 rings (SSSR count). The van der Waals surface area contributed by atoms with Crippen molar-refractivity contribution in [3.05, 3.63) is 35.9 Å². The number of nitrogens with one attached hydrogen (secondary N) is 1. The van der Waals surface area contributed by atoms with Gasteiger partial charge in [-0.25, -0.2) is 0 Å². The lowest BCUT2D eigenvalue weighted by molar-refractivity contribution is -0.126. The van der Waals surface area contributed by atoms with Crippen molar-refractivity contribution in [3.8, 4) is 0 Å². The molecule has 0 saturated heterocycles. The Kier molecular flexibility index (Phi) is 5.40. The van der Waals surface area contributed by atoms with Crippen molar-refractivity contribution in [2.75, 3.05) is 6.54 Å². The van der Waals surface area contributed by atoms with Crippen LogP contribution in [0.4, 0.5) is 0 Å². The second-order valence-corrected chi connectivity index (χ2v) is 5.42. The van der Waals surface area contributed by atoms with Crippen LogP contribution in [0.25, 0.3) is 0 Å². The maximum Gasteiger partial charge on any atom is 0.223 e. The van der Waals surface area contributed by atoms with Crippen LogP contribution < -0.4 is 5.32 Å². The summed E-state index contributed by atoms with van der Waals surface area (Å²) < 4.78 is 0. The molecule has 1 aromatic rings. The molecule has 0 heterocycles. The van der Waals surface area contributed by atoms with Gasteiger partial charge < -0.3 is 10.4 Å². The molecule has 19 heavy (non-hydrogen) atoms. The third-order valence-electron chi connectivity index (χ3n) is 3.80. The van der Waals surface area contributed by atoms with E-state index in [0.29, 0.717) is 13.0 Å². The number of benzene rings is 1. The Hall–Kier alpha value is -1.35. The van der Waals surface area contributed by atoms with Gasteiger partial charge >= 0.3 is 0 Å². The Balaban J connectivity index is 1.71. The summed E-state index contributed by atoms with van der Waals surface area (Å²) in [5, 5.41) is 12.8. The normalized spacial score (nSPS) is 17.9. The minimum absolute atomic E-state index is 0.117.